The van der Waals surface area contributed by atoms with Crippen molar-refractivity contribution in [2.45, 2.75) is 18.9 Å². The van der Waals surface area contributed by atoms with Crippen LogP contribution in [-0.2, 0) is 11.3 Å². The summed E-state index contributed by atoms with van der Waals surface area (Å²) in [6.45, 7) is 0.448. The lowest BCUT2D eigenvalue weighted by Gasteiger charge is -2.15. The average Bonchev–Trinajstić information content (AvgIpc) is 2.67. The Bertz CT molecular complexity index is 409. The summed E-state index contributed by atoms with van der Waals surface area (Å²) < 4.78 is 25.8. The Kier molecular flexibility index (Phi) is 3.91. The van der Waals surface area contributed by atoms with Crippen molar-refractivity contribution in [3.05, 3.63) is 35.9 Å². The van der Waals surface area contributed by atoms with Crippen LogP contribution in [0.4, 0.5) is 8.78 Å². The summed E-state index contributed by atoms with van der Waals surface area (Å²) in [5.74, 6) is -2.85. The van der Waals surface area contributed by atoms with Crippen LogP contribution in [0.1, 0.15) is 12.0 Å². The quantitative estimate of drug-likeness (QED) is 0.886. The molecule has 0 aromatic heterocycles. The van der Waals surface area contributed by atoms with E-state index in [2.05, 4.69) is 5.32 Å². The first kappa shape index (κ1) is 13.0. The number of hydrogen-bond acceptors (Lipinski definition) is 2. The molecule has 0 spiro atoms. The van der Waals surface area contributed by atoms with Gasteiger partial charge in [-0.3, -0.25) is 9.69 Å². The zero-order chi connectivity index (χ0) is 13.0. The first-order valence-corrected chi connectivity index (χ1v) is 5.96. The molecule has 5 heteroatoms. The van der Waals surface area contributed by atoms with Crippen LogP contribution >= 0.6 is 0 Å². The van der Waals surface area contributed by atoms with Crippen molar-refractivity contribution in [2.24, 2.45) is 0 Å². The van der Waals surface area contributed by atoms with Gasteiger partial charge >= 0.3 is 0 Å². The average molecular weight is 254 g/mol. The minimum absolute atomic E-state index is 0.0441. The highest BCUT2D eigenvalue weighted by atomic mass is 19.3. The second-order valence-corrected chi connectivity index (χ2v) is 4.58. The fourth-order valence-corrected chi connectivity index (χ4v) is 2.00. The third-order valence-electron chi connectivity index (χ3n) is 2.95. The summed E-state index contributed by atoms with van der Waals surface area (Å²) in [4.78, 5) is 13.1. The van der Waals surface area contributed by atoms with Gasteiger partial charge in [0, 0.05) is 19.5 Å². The van der Waals surface area contributed by atoms with Gasteiger partial charge in [0.05, 0.1) is 13.1 Å². The molecule has 98 valence electrons. The fraction of sp³-hybridized carbons (Fsp3) is 0.462. The number of benzene rings is 1. The normalized spacial score (nSPS) is 18.8. The van der Waals surface area contributed by atoms with Crippen molar-refractivity contribution in [1.82, 2.24) is 10.2 Å². The van der Waals surface area contributed by atoms with Gasteiger partial charge in [0.15, 0.2) is 0 Å². The second-order valence-electron chi connectivity index (χ2n) is 4.58. The lowest BCUT2D eigenvalue weighted by Crippen LogP contribution is -2.36. The standard InChI is InChI=1S/C13H16F2N2O/c14-13(15)6-7-17(10-13)9-12(18)16-8-11-4-2-1-3-5-11/h1-5H,6-10H2,(H,16,18). The molecule has 1 saturated heterocycles. The molecule has 0 unspecified atom stereocenters. The molecule has 3 nitrogen and oxygen atoms in total. The number of hydrogen-bond donors (Lipinski definition) is 1. The zero-order valence-corrected chi connectivity index (χ0v) is 10.0. The number of carbonyl (C=O) groups excluding carboxylic acids is 1. The molecular weight excluding hydrogens is 238 g/mol. The van der Waals surface area contributed by atoms with E-state index in [0.717, 1.165) is 5.56 Å². The van der Waals surface area contributed by atoms with Gasteiger partial charge in [-0.25, -0.2) is 8.78 Å². The number of halogens is 2. The Hall–Kier alpha value is -1.49. The molecule has 1 aliphatic rings. The molecule has 0 aliphatic carbocycles. The van der Waals surface area contributed by atoms with Crippen LogP contribution in [0.2, 0.25) is 0 Å². The Labute approximate surface area is 105 Å². The van der Waals surface area contributed by atoms with Crippen LogP contribution in [0.5, 0.6) is 0 Å². The Balaban J connectivity index is 1.73. The SMILES string of the molecule is O=C(CN1CCC(F)(F)C1)NCc1ccccc1. The lowest BCUT2D eigenvalue weighted by molar-refractivity contribution is -0.122. The predicted octanol–water partition coefficient (Wildman–Crippen LogP) is 1.64. The third-order valence-corrected chi connectivity index (χ3v) is 2.95. The van der Waals surface area contributed by atoms with Crippen molar-refractivity contribution in [3.63, 3.8) is 0 Å². The van der Waals surface area contributed by atoms with Gasteiger partial charge in [-0.15, -0.1) is 0 Å². The molecular formula is C13H16F2N2O. The van der Waals surface area contributed by atoms with Crippen molar-refractivity contribution >= 4 is 5.91 Å². The molecule has 1 heterocycles. The van der Waals surface area contributed by atoms with Crippen LogP contribution in [-0.4, -0.2) is 36.4 Å². The van der Waals surface area contributed by atoms with Gasteiger partial charge in [0.25, 0.3) is 5.92 Å². The Morgan fingerprint density at radius 2 is 2.06 bits per heavy atom. The molecule has 1 fully saturated rings. The van der Waals surface area contributed by atoms with E-state index in [9.17, 15) is 13.6 Å². The molecule has 0 saturated carbocycles. The van der Waals surface area contributed by atoms with E-state index >= 15 is 0 Å². The maximum Gasteiger partial charge on any atom is 0.261 e. The smallest absolute Gasteiger partial charge is 0.261 e. The highest BCUT2D eigenvalue weighted by Gasteiger charge is 2.38. The molecule has 1 aliphatic heterocycles. The van der Waals surface area contributed by atoms with Crippen LogP contribution in [0.15, 0.2) is 30.3 Å². The maximum atomic E-state index is 12.9. The first-order chi connectivity index (χ1) is 8.55. The summed E-state index contributed by atoms with van der Waals surface area (Å²) in [6, 6.07) is 9.50. The van der Waals surface area contributed by atoms with E-state index in [1.54, 1.807) is 0 Å². The predicted molar refractivity (Wildman–Crippen MR) is 64.3 cm³/mol. The molecule has 0 radical (unpaired) electrons. The third kappa shape index (κ3) is 3.77. The number of alkyl halides is 2. The van der Waals surface area contributed by atoms with Crippen LogP contribution in [0.3, 0.4) is 0 Å². The van der Waals surface area contributed by atoms with Gasteiger partial charge in [0.1, 0.15) is 0 Å². The topological polar surface area (TPSA) is 32.3 Å². The van der Waals surface area contributed by atoms with E-state index < -0.39 is 5.92 Å². The van der Waals surface area contributed by atoms with Gasteiger partial charge in [-0.05, 0) is 5.56 Å². The number of rotatable bonds is 4. The van der Waals surface area contributed by atoms with Crippen LogP contribution in [0, 0.1) is 0 Å². The maximum absolute atomic E-state index is 12.9. The highest BCUT2D eigenvalue weighted by molar-refractivity contribution is 5.78. The summed E-state index contributed by atoms with van der Waals surface area (Å²) >= 11 is 0. The Morgan fingerprint density at radius 3 is 2.67 bits per heavy atom. The molecule has 0 bridgehead atoms. The van der Waals surface area contributed by atoms with Gasteiger partial charge in [-0.2, -0.15) is 0 Å². The highest BCUT2D eigenvalue weighted by Crippen LogP contribution is 2.26. The van der Waals surface area contributed by atoms with Crippen molar-refractivity contribution in [1.29, 1.82) is 0 Å². The van der Waals surface area contributed by atoms with E-state index in [-0.39, 0.29) is 32.0 Å². The van der Waals surface area contributed by atoms with E-state index in [1.165, 1.54) is 4.90 Å². The Morgan fingerprint density at radius 1 is 1.33 bits per heavy atom. The van der Waals surface area contributed by atoms with Gasteiger partial charge < -0.3 is 5.32 Å². The largest absolute Gasteiger partial charge is 0.351 e. The van der Waals surface area contributed by atoms with Crippen molar-refractivity contribution in [2.75, 3.05) is 19.6 Å². The molecule has 0 atom stereocenters. The van der Waals surface area contributed by atoms with Crippen molar-refractivity contribution < 1.29 is 13.6 Å². The van der Waals surface area contributed by atoms with E-state index in [1.807, 2.05) is 30.3 Å². The molecule has 1 amide bonds. The number of nitrogens with zero attached hydrogens (tertiary/aromatic N) is 1. The number of amides is 1. The molecule has 1 aromatic rings. The number of likely N-dealkylation sites (tertiary alicyclic amines) is 1. The number of nitrogens with one attached hydrogen (secondary N) is 1. The van der Waals surface area contributed by atoms with Gasteiger partial charge in [-0.1, -0.05) is 30.3 Å². The lowest BCUT2D eigenvalue weighted by atomic mass is 10.2. The second kappa shape index (κ2) is 5.44. The molecule has 1 N–H and O–H groups in total. The van der Waals surface area contributed by atoms with Gasteiger partial charge in [0.2, 0.25) is 5.91 Å². The van der Waals surface area contributed by atoms with Crippen LogP contribution < -0.4 is 5.32 Å². The molecule has 1 aromatic carbocycles. The molecule has 18 heavy (non-hydrogen) atoms. The van der Waals surface area contributed by atoms with E-state index in [4.69, 9.17) is 0 Å². The monoisotopic (exact) mass is 254 g/mol. The summed E-state index contributed by atoms with van der Waals surface area (Å²) in [5, 5.41) is 2.73. The number of carbonyl (C=O) groups is 1. The summed E-state index contributed by atoms with van der Waals surface area (Å²) in [7, 11) is 0. The summed E-state index contributed by atoms with van der Waals surface area (Å²) in [6.07, 6.45) is -0.154. The van der Waals surface area contributed by atoms with E-state index in [0.29, 0.717) is 6.54 Å². The van der Waals surface area contributed by atoms with Crippen molar-refractivity contribution in [3.8, 4) is 0 Å². The fourth-order valence-electron chi connectivity index (χ4n) is 2.00. The minimum atomic E-state index is -2.64. The summed E-state index contributed by atoms with van der Waals surface area (Å²) in [5.41, 5.74) is 0.998. The minimum Gasteiger partial charge on any atom is -0.351 e. The molecule has 2 rings (SSSR count). The van der Waals surface area contributed by atoms with Crippen LogP contribution in [0.25, 0.3) is 0 Å². The first-order valence-electron chi connectivity index (χ1n) is 5.96. The zero-order valence-electron chi connectivity index (χ0n) is 10.0.